The van der Waals surface area contributed by atoms with Crippen molar-refractivity contribution in [3.05, 3.63) is 76.5 Å². The summed E-state index contributed by atoms with van der Waals surface area (Å²) in [5.41, 5.74) is 4.47. The molecule has 5 heterocycles. The summed E-state index contributed by atoms with van der Waals surface area (Å²) in [6, 6.07) is 14.2. The smallest absolute Gasteiger partial charge is 0.251 e. The lowest BCUT2D eigenvalue weighted by molar-refractivity contribution is 0.114. The highest BCUT2D eigenvalue weighted by molar-refractivity contribution is 5.62. The number of benzene rings is 1. The predicted molar refractivity (Wildman–Crippen MR) is 117 cm³/mol. The molecule has 31 heavy (non-hydrogen) atoms. The lowest BCUT2D eigenvalue weighted by atomic mass is 9.82. The van der Waals surface area contributed by atoms with Gasteiger partial charge in [0.15, 0.2) is 11.5 Å². The first kappa shape index (κ1) is 18.6. The third-order valence-electron chi connectivity index (χ3n) is 6.64. The van der Waals surface area contributed by atoms with Crippen LogP contribution < -0.4 is 15.0 Å². The molecule has 1 fully saturated rings. The van der Waals surface area contributed by atoms with Crippen LogP contribution in [0.1, 0.15) is 23.6 Å². The Morgan fingerprint density at radius 2 is 1.87 bits per heavy atom. The zero-order valence-corrected chi connectivity index (χ0v) is 17.4. The maximum atomic E-state index is 12.9. The third kappa shape index (κ3) is 3.51. The van der Waals surface area contributed by atoms with Crippen molar-refractivity contribution in [3.63, 3.8) is 0 Å². The number of piperidine rings is 1. The summed E-state index contributed by atoms with van der Waals surface area (Å²) in [5.74, 6) is 2.56. The largest absolute Gasteiger partial charge is 0.486 e. The molecule has 6 rings (SSSR count). The van der Waals surface area contributed by atoms with E-state index in [-0.39, 0.29) is 5.56 Å². The Bertz CT molecular complexity index is 1170. The second-order valence-corrected chi connectivity index (χ2v) is 8.83. The fraction of sp³-hybridized carbons (Fsp3) is 0.360. The molecule has 3 aliphatic rings. The Morgan fingerprint density at radius 3 is 2.74 bits per heavy atom. The van der Waals surface area contributed by atoms with Gasteiger partial charge in [-0.25, -0.2) is 0 Å². The lowest BCUT2D eigenvalue weighted by Crippen LogP contribution is -2.46. The van der Waals surface area contributed by atoms with Crippen LogP contribution in [0.3, 0.4) is 0 Å². The highest BCUT2D eigenvalue weighted by Gasteiger charge is 2.35. The van der Waals surface area contributed by atoms with Crippen LogP contribution in [0, 0.1) is 5.92 Å². The van der Waals surface area contributed by atoms with Crippen LogP contribution in [0.2, 0.25) is 0 Å². The molecule has 0 unspecified atom stereocenters. The molecule has 1 saturated heterocycles. The van der Waals surface area contributed by atoms with Crippen molar-refractivity contribution >= 4 is 0 Å². The van der Waals surface area contributed by atoms with Crippen LogP contribution in [0.25, 0.3) is 11.1 Å². The Labute approximate surface area is 181 Å². The minimum atomic E-state index is 0.103. The van der Waals surface area contributed by atoms with Crippen molar-refractivity contribution in [1.82, 2.24) is 14.5 Å². The summed E-state index contributed by atoms with van der Waals surface area (Å²) in [6.07, 6.45) is 4.73. The molecular weight excluding hydrogens is 390 g/mol. The van der Waals surface area contributed by atoms with E-state index < -0.39 is 0 Å². The molecule has 3 aromatic rings. The molecule has 2 atom stereocenters. The van der Waals surface area contributed by atoms with Crippen molar-refractivity contribution in [2.75, 3.05) is 26.3 Å². The normalized spacial score (nSPS) is 22.1. The molecule has 0 aliphatic carbocycles. The van der Waals surface area contributed by atoms with Crippen LogP contribution in [0.5, 0.6) is 11.5 Å². The fourth-order valence-corrected chi connectivity index (χ4v) is 5.33. The maximum Gasteiger partial charge on any atom is 0.251 e. The molecule has 3 aliphatic heterocycles. The highest BCUT2D eigenvalue weighted by Crippen LogP contribution is 2.38. The molecule has 0 radical (unpaired) electrons. The number of hydrogen-bond donors (Lipinski definition) is 0. The van der Waals surface area contributed by atoms with Gasteiger partial charge in [0.25, 0.3) is 5.56 Å². The molecule has 6 heteroatoms. The fourth-order valence-electron chi connectivity index (χ4n) is 5.33. The Kier molecular flexibility index (Phi) is 4.53. The summed E-state index contributed by atoms with van der Waals surface area (Å²) >= 11 is 0. The minimum Gasteiger partial charge on any atom is -0.486 e. The number of pyridine rings is 2. The summed E-state index contributed by atoms with van der Waals surface area (Å²) in [4.78, 5) is 19.6. The van der Waals surface area contributed by atoms with Gasteiger partial charge in [-0.1, -0.05) is 12.1 Å². The number of rotatable bonds is 3. The van der Waals surface area contributed by atoms with Crippen LogP contribution in [0.4, 0.5) is 0 Å². The van der Waals surface area contributed by atoms with Gasteiger partial charge in [-0.05, 0) is 47.7 Å². The molecule has 6 nitrogen and oxygen atoms in total. The van der Waals surface area contributed by atoms with Crippen LogP contribution in [0.15, 0.2) is 59.7 Å². The SMILES string of the molecule is O=c1cc(-c2cccnc2)cc2n1C[C@H]1C[C@@H]2CN(Cc2ccc3c(c2)OCCO3)C1. The first-order chi connectivity index (χ1) is 15.2. The van der Waals surface area contributed by atoms with E-state index in [1.807, 2.05) is 29.0 Å². The van der Waals surface area contributed by atoms with Crippen molar-refractivity contribution in [3.8, 4) is 22.6 Å². The number of hydrogen-bond acceptors (Lipinski definition) is 5. The van der Waals surface area contributed by atoms with Crippen molar-refractivity contribution in [1.29, 1.82) is 0 Å². The van der Waals surface area contributed by atoms with Gasteiger partial charge >= 0.3 is 0 Å². The maximum absolute atomic E-state index is 12.9. The number of fused-ring (bicyclic) bond motifs is 5. The van der Waals surface area contributed by atoms with E-state index in [4.69, 9.17) is 9.47 Å². The van der Waals surface area contributed by atoms with Gasteiger partial charge in [0, 0.05) is 61.8 Å². The van der Waals surface area contributed by atoms with E-state index in [2.05, 4.69) is 28.1 Å². The van der Waals surface area contributed by atoms with E-state index in [0.29, 0.717) is 25.0 Å². The van der Waals surface area contributed by atoms with E-state index in [1.54, 1.807) is 12.3 Å². The van der Waals surface area contributed by atoms with E-state index in [9.17, 15) is 4.79 Å². The van der Waals surface area contributed by atoms with Crippen LogP contribution >= 0.6 is 0 Å². The molecule has 0 amide bonds. The van der Waals surface area contributed by atoms with Gasteiger partial charge in [0.2, 0.25) is 0 Å². The van der Waals surface area contributed by atoms with Crippen molar-refractivity contribution in [2.45, 2.75) is 25.4 Å². The van der Waals surface area contributed by atoms with Crippen LogP contribution in [-0.2, 0) is 13.1 Å². The lowest BCUT2D eigenvalue weighted by Gasteiger charge is -2.43. The number of likely N-dealkylation sites (tertiary alicyclic amines) is 1. The summed E-state index contributed by atoms with van der Waals surface area (Å²) in [6.45, 7) is 4.88. The average Bonchev–Trinajstić information content (AvgIpc) is 2.80. The second-order valence-electron chi connectivity index (χ2n) is 8.83. The molecule has 0 saturated carbocycles. The van der Waals surface area contributed by atoms with Gasteiger partial charge in [0.1, 0.15) is 13.2 Å². The van der Waals surface area contributed by atoms with E-state index in [0.717, 1.165) is 60.9 Å². The third-order valence-corrected chi connectivity index (χ3v) is 6.64. The van der Waals surface area contributed by atoms with Crippen molar-refractivity contribution in [2.24, 2.45) is 5.92 Å². The predicted octanol–water partition coefficient (Wildman–Crippen LogP) is 3.30. The molecule has 0 spiro atoms. The molecule has 158 valence electrons. The summed E-state index contributed by atoms with van der Waals surface area (Å²) in [7, 11) is 0. The van der Waals surface area contributed by atoms with E-state index >= 15 is 0 Å². The molecule has 2 aromatic heterocycles. The van der Waals surface area contributed by atoms with Gasteiger partial charge < -0.3 is 14.0 Å². The summed E-state index contributed by atoms with van der Waals surface area (Å²) in [5, 5.41) is 0. The number of nitrogens with zero attached hydrogens (tertiary/aromatic N) is 3. The topological polar surface area (TPSA) is 56.6 Å². The molecule has 1 aromatic carbocycles. The number of ether oxygens (including phenoxy) is 2. The standard InChI is InChI=1S/C25H25N3O3/c29-25-11-20(19-2-1-5-26-12-19)10-22-21-8-18(15-28(22)25)14-27(16-21)13-17-3-4-23-24(9-17)31-7-6-30-23/h1-5,9-12,18,21H,6-8,13-16H2/t18-,21+/m0/s1. The molecule has 2 bridgehead atoms. The molecular formula is C25H25N3O3. The Balaban J connectivity index is 1.27. The quantitative estimate of drug-likeness (QED) is 0.657. The second kappa shape index (κ2) is 7.54. The Hall–Kier alpha value is -3.12. The minimum absolute atomic E-state index is 0.103. The first-order valence-electron chi connectivity index (χ1n) is 11.0. The van der Waals surface area contributed by atoms with Gasteiger partial charge in [-0.2, -0.15) is 0 Å². The van der Waals surface area contributed by atoms with Crippen LogP contribution in [-0.4, -0.2) is 40.8 Å². The van der Waals surface area contributed by atoms with E-state index in [1.165, 1.54) is 5.56 Å². The highest BCUT2D eigenvalue weighted by atomic mass is 16.6. The van der Waals surface area contributed by atoms with Crippen molar-refractivity contribution < 1.29 is 9.47 Å². The first-order valence-corrected chi connectivity index (χ1v) is 11.0. The monoisotopic (exact) mass is 415 g/mol. The van der Waals surface area contributed by atoms with Gasteiger partial charge in [-0.3, -0.25) is 14.7 Å². The zero-order chi connectivity index (χ0) is 20.8. The average molecular weight is 415 g/mol. The van der Waals surface area contributed by atoms with Gasteiger partial charge in [-0.15, -0.1) is 0 Å². The zero-order valence-electron chi connectivity index (χ0n) is 17.4. The Morgan fingerprint density at radius 1 is 0.968 bits per heavy atom. The molecule has 0 N–H and O–H groups in total. The summed E-state index contributed by atoms with van der Waals surface area (Å²) < 4.78 is 13.4. The van der Waals surface area contributed by atoms with Gasteiger partial charge in [0.05, 0.1) is 0 Å². The number of aromatic nitrogens is 2.